The fourth-order valence-corrected chi connectivity index (χ4v) is 3.07. The largest absolute Gasteiger partial charge is 0.455 e. The maximum absolute atomic E-state index is 12.5. The number of hydrogen-bond acceptors (Lipinski definition) is 5. The third kappa shape index (κ3) is 5.53. The quantitative estimate of drug-likeness (QED) is 0.525. The van der Waals surface area contributed by atoms with Gasteiger partial charge in [0.1, 0.15) is 0 Å². The molecular weight excluding hydrogens is 348 g/mol. The number of benzene rings is 1. The number of nitrogens with one attached hydrogen (secondary N) is 1. The smallest absolute Gasteiger partial charge is 0.311 e. The number of nitrogens with zero attached hydrogens (tertiary/aromatic N) is 1. The fraction of sp³-hybridized carbons (Fsp3) is 0.550. The van der Waals surface area contributed by atoms with Crippen molar-refractivity contribution in [3.63, 3.8) is 0 Å². The van der Waals surface area contributed by atoms with Gasteiger partial charge >= 0.3 is 5.97 Å². The van der Waals surface area contributed by atoms with Gasteiger partial charge in [-0.05, 0) is 24.0 Å². The van der Waals surface area contributed by atoms with Crippen molar-refractivity contribution in [3.8, 4) is 0 Å². The fourth-order valence-electron chi connectivity index (χ4n) is 3.07. The number of rotatable bonds is 9. The molecule has 7 heteroatoms. The molecule has 7 nitrogen and oxygen atoms in total. The molecule has 2 amide bonds. The van der Waals surface area contributed by atoms with Gasteiger partial charge in [-0.2, -0.15) is 0 Å². The van der Waals surface area contributed by atoms with E-state index < -0.39 is 11.9 Å². The van der Waals surface area contributed by atoms with Crippen LogP contribution in [0.25, 0.3) is 0 Å². The molecule has 1 aromatic carbocycles. The average molecular weight is 376 g/mol. The molecule has 0 aliphatic carbocycles. The van der Waals surface area contributed by atoms with Crippen LogP contribution in [0.2, 0.25) is 0 Å². The van der Waals surface area contributed by atoms with E-state index >= 15 is 0 Å². The highest BCUT2D eigenvalue weighted by Gasteiger charge is 2.37. The molecule has 0 bridgehead atoms. The summed E-state index contributed by atoms with van der Waals surface area (Å²) in [5.41, 5.74) is 1.95. The minimum atomic E-state index is -0.561. The number of carbonyl (C=O) groups excluding carboxylic acids is 3. The lowest BCUT2D eigenvalue weighted by atomic mass is 9.96. The summed E-state index contributed by atoms with van der Waals surface area (Å²) in [6.07, 6.45) is 1.06. The molecule has 1 aliphatic rings. The van der Waals surface area contributed by atoms with Gasteiger partial charge < -0.3 is 19.7 Å². The lowest BCUT2D eigenvalue weighted by molar-refractivity contribution is -0.152. The molecular formula is C20H28N2O5. The Hall–Kier alpha value is -2.41. The van der Waals surface area contributed by atoms with Gasteiger partial charge in [-0.1, -0.05) is 32.0 Å². The van der Waals surface area contributed by atoms with Gasteiger partial charge in [0.05, 0.1) is 12.5 Å². The molecule has 1 saturated heterocycles. The highest BCUT2D eigenvalue weighted by molar-refractivity contribution is 6.00. The standard InChI is InChI=1S/C20H28N2O5/c1-4-14(2)16-7-5-6-8-17(16)22-12-15(11-19(22)24)20(25)27-13-18(23)21-9-10-26-3/h5-8,14-15H,4,9-13H2,1-3H3,(H,21,23)/t14-,15+/m1/s1. The number of para-hydroxylation sites is 1. The Bertz CT molecular complexity index is 676. The Labute approximate surface area is 160 Å². The molecule has 1 aromatic rings. The Morgan fingerprint density at radius 3 is 2.78 bits per heavy atom. The van der Waals surface area contributed by atoms with E-state index in [9.17, 15) is 14.4 Å². The first-order valence-corrected chi connectivity index (χ1v) is 9.29. The zero-order chi connectivity index (χ0) is 19.8. The van der Waals surface area contributed by atoms with E-state index in [1.807, 2.05) is 24.3 Å². The van der Waals surface area contributed by atoms with Crippen molar-refractivity contribution in [2.24, 2.45) is 5.92 Å². The maximum atomic E-state index is 12.5. The monoisotopic (exact) mass is 376 g/mol. The minimum Gasteiger partial charge on any atom is -0.455 e. The van der Waals surface area contributed by atoms with Crippen molar-refractivity contribution >= 4 is 23.5 Å². The summed E-state index contributed by atoms with van der Waals surface area (Å²) in [4.78, 5) is 38.0. The van der Waals surface area contributed by atoms with Crippen LogP contribution in [0.15, 0.2) is 24.3 Å². The van der Waals surface area contributed by atoms with E-state index in [0.717, 1.165) is 17.7 Å². The van der Waals surface area contributed by atoms with Gasteiger partial charge in [0, 0.05) is 32.3 Å². The molecule has 1 fully saturated rings. The van der Waals surface area contributed by atoms with Crippen LogP contribution in [-0.2, 0) is 23.9 Å². The van der Waals surface area contributed by atoms with Crippen LogP contribution in [-0.4, -0.2) is 51.2 Å². The molecule has 1 heterocycles. The molecule has 0 unspecified atom stereocenters. The van der Waals surface area contributed by atoms with E-state index in [2.05, 4.69) is 19.2 Å². The first-order chi connectivity index (χ1) is 13.0. The van der Waals surface area contributed by atoms with Crippen molar-refractivity contribution in [1.29, 1.82) is 0 Å². The van der Waals surface area contributed by atoms with Crippen molar-refractivity contribution in [2.45, 2.75) is 32.6 Å². The van der Waals surface area contributed by atoms with Crippen LogP contribution < -0.4 is 10.2 Å². The van der Waals surface area contributed by atoms with Crippen LogP contribution in [0.3, 0.4) is 0 Å². The summed E-state index contributed by atoms with van der Waals surface area (Å²) >= 11 is 0. The van der Waals surface area contributed by atoms with Crippen LogP contribution in [0.1, 0.15) is 38.2 Å². The summed E-state index contributed by atoms with van der Waals surface area (Å²) in [6, 6.07) is 7.78. The zero-order valence-corrected chi connectivity index (χ0v) is 16.2. The zero-order valence-electron chi connectivity index (χ0n) is 16.2. The SMILES string of the molecule is CC[C@@H](C)c1ccccc1N1C[C@@H](C(=O)OCC(=O)NCCOC)CC1=O. The second kappa shape index (κ2) is 10.1. The Morgan fingerprint density at radius 1 is 1.33 bits per heavy atom. The summed E-state index contributed by atoms with van der Waals surface area (Å²) < 4.78 is 9.91. The van der Waals surface area contributed by atoms with Gasteiger partial charge in [-0.25, -0.2) is 0 Å². The average Bonchev–Trinajstić information content (AvgIpc) is 3.07. The molecule has 0 aromatic heterocycles. The van der Waals surface area contributed by atoms with Crippen LogP contribution >= 0.6 is 0 Å². The van der Waals surface area contributed by atoms with Crippen LogP contribution in [0.4, 0.5) is 5.69 Å². The Morgan fingerprint density at radius 2 is 2.07 bits per heavy atom. The number of anilines is 1. The predicted octanol–water partition coefficient (Wildman–Crippen LogP) is 1.86. The normalized spacial score (nSPS) is 17.7. The molecule has 0 radical (unpaired) electrons. The lowest BCUT2D eigenvalue weighted by Gasteiger charge is -2.23. The molecule has 1 aliphatic heterocycles. The van der Waals surface area contributed by atoms with E-state index in [1.165, 1.54) is 7.11 Å². The van der Waals surface area contributed by atoms with Gasteiger partial charge in [-0.3, -0.25) is 14.4 Å². The number of carbonyl (C=O) groups is 3. The summed E-state index contributed by atoms with van der Waals surface area (Å²) in [6.45, 7) is 4.89. The summed E-state index contributed by atoms with van der Waals surface area (Å²) in [7, 11) is 1.54. The third-order valence-electron chi connectivity index (χ3n) is 4.80. The van der Waals surface area contributed by atoms with E-state index in [4.69, 9.17) is 9.47 Å². The topological polar surface area (TPSA) is 84.9 Å². The second-order valence-corrected chi connectivity index (χ2v) is 6.72. The molecule has 2 atom stereocenters. The summed E-state index contributed by atoms with van der Waals surface area (Å²) in [5.74, 6) is -1.25. The van der Waals surface area contributed by atoms with Gasteiger partial charge in [0.2, 0.25) is 5.91 Å². The minimum absolute atomic E-state index is 0.0962. The molecule has 1 N–H and O–H groups in total. The number of amides is 2. The highest BCUT2D eigenvalue weighted by Crippen LogP contribution is 2.33. The molecule has 27 heavy (non-hydrogen) atoms. The number of ether oxygens (including phenoxy) is 2. The maximum Gasteiger partial charge on any atom is 0.311 e. The summed E-state index contributed by atoms with van der Waals surface area (Å²) in [5, 5.41) is 2.58. The number of methoxy groups -OCH3 is 1. The molecule has 148 valence electrons. The van der Waals surface area contributed by atoms with Crippen LogP contribution in [0.5, 0.6) is 0 Å². The van der Waals surface area contributed by atoms with Gasteiger partial charge in [-0.15, -0.1) is 0 Å². The molecule has 0 saturated carbocycles. The molecule has 2 rings (SSSR count). The van der Waals surface area contributed by atoms with E-state index in [0.29, 0.717) is 19.1 Å². The van der Waals surface area contributed by atoms with Crippen LogP contribution in [0, 0.1) is 5.92 Å². The highest BCUT2D eigenvalue weighted by atomic mass is 16.5. The Kier molecular flexibility index (Phi) is 7.79. The van der Waals surface area contributed by atoms with E-state index in [1.54, 1.807) is 4.90 Å². The predicted molar refractivity (Wildman–Crippen MR) is 101 cm³/mol. The molecule has 0 spiro atoms. The van der Waals surface area contributed by atoms with Crippen molar-refractivity contribution < 1.29 is 23.9 Å². The first-order valence-electron chi connectivity index (χ1n) is 9.29. The van der Waals surface area contributed by atoms with Gasteiger partial charge in [0.25, 0.3) is 5.91 Å². The lowest BCUT2D eigenvalue weighted by Crippen LogP contribution is -2.33. The third-order valence-corrected chi connectivity index (χ3v) is 4.80. The number of esters is 1. The first kappa shape index (κ1) is 20.9. The van der Waals surface area contributed by atoms with Crippen molar-refractivity contribution in [2.75, 3.05) is 38.3 Å². The van der Waals surface area contributed by atoms with E-state index in [-0.39, 0.29) is 31.4 Å². The Balaban J connectivity index is 1.95. The van der Waals surface area contributed by atoms with Crippen molar-refractivity contribution in [1.82, 2.24) is 5.32 Å². The van der Waals surface area contributed by atoms with Crippen molar-refractivity contribution in [3.05, 3.63) is 29.8 Å². The second-order valence-electron chi connectivity index (χ2n) is 6.72. The van der Waals surface area contributed by atoms with Gasteiger partial charge in [0.15, 0.2) is 6.61 Å². The number of hydrogen-bond donors (Lipinski definition) is 1.